The smallest absolute Gasteiger partial charge is 0.237 e. The molecule has 0 saturated heterocycles. The van der Waals surface area contributed by atoms with Crippen LogP contribution in [0.25, 0.3) is 11.4 Å². The lowest BCUT2D eigenvalue weighted by Gasteiger charge is -2.03. The molecule has 126 valence electrons. The maximum absolute atomic E-state index is 6.11. The van der Waals surface area contributed by atoms with Crippen molar-refractivity contribution in [2.24, 2.45) is 5.92 Å². The minimum Gasteiger partial charge on any atom is -0.338 e. The van der Waals surface area contributed by atoms with Gasteiger partial charge in [0.25, 0.3) is 0 Å². The van der Waals surface area contributed by atoms with Crippen molar-refractivity contribution in [2.45, 2.75) is 38.1 Å². The molecule has 0 atom stereocenters. The van der Waals surface area contributed by atoms with E-state index in [2.05, 4.69) is 34.2 Å². The van der Waals surface area contributed by atoms with Gasteiger partial charge in [0.2, 0.25) is 11.0 Å². The number of nitrogens with zero attached hydrogens (tertiary/aromatic N) is 5. The number of thioether (sulfide) groups is 1. The Morgan fingerprint density at radius 2 is 1.96 bits per heavy atom. The van der Waals surface area contributed by atoms with Crippen molar-refractivity contribution in [1.29, 1.82) is 0 Å². The summed E-state index contributed by atoms with van der Waals surface area (Å²) in [6.45, 7) is 6.28. The molecule has 0 bridgehead atoms. The van der Waals surface area contributed by atoms with E-state index < -0.39 is 0 Å². The molecule has 0 aliphatic carbocycles. The van der Waals surface area contributed by atoms with Crippen LogP contribution in [-0.2, 0) is 12.2 Å². The fraction of sp³-hybridized carbons (Fsp3) is 0.375. The first-order valence-corrected chi connectivity index (χ1v) is 8.73. The quantitative estimate of drug-likeness (QED) is 0.542. The number of nitrogens with two attached hydrogens (primary N) is 1. The van der Waals surface area contributed by atoms with E-state index in [1.54, 1.807) is 0 Å². The molecule has 24 heavy (non-hydrogen) atoms. The summed E-state index contributed by atoms with van der Waals surface area (Å²) in [5.41, 5.74) is 2.12. The highest BCUT2D eigenvalue weighted by Crippen LogP contribution is 2.24. The van der Waals surface area contributed by atoms with Gasteiger partial charge in [0.05, 0.1) is 5.75 Å². The first-order chi connectivity index (χ1) is 11.5. The monoisotopic (exact) mass is 344 g/mol. The van der Waals surface area contributed by atoms with Crippen LogP contribution >= 0.6 is 11.8 Å². The van der Waals surface area contributed by atoms with E-state index in [0.717, 1.165) is 17.8 Å². The summed E-state index contributed by atoms with van der Waals surface area (Å²) in [4.78, 5) is 4.37. The molecule has 0 aliphatic heterocycles. The Morgan fingerprint density at radius 1 is 1.21 bits per heavy atom. The maximum atomic E-state index is 6.11. The molecule has 7 nitrogen and oxygen atoms in total. The van der Waals surface area contributed by atoms with Crippen molar-refractivity contribution in [1.82, 2.24) is 25.0 Å². The van der Waals surface area contributed by atoms with Gasteiger partial charge in [-0.3, -0.25) is 0 Å². The number of benzene rings is 1. The predicted octanol–water partition coefficient (Wildman–Crippen LogP) is 2.84. The van der Waals surface area contributed by atoms with Crippen molar-refractivity contribution in [2.75, 3.05) is 5.84 Å². The molecule has 8 heteroatoms. The normalized spacial score (nSPS) is 11.3. The fourth-order valence-corrected chi connectivity index (χ4v) is 2.89. The summed E-state index contributed by atoms with van der Waals surface area (Å²) in [7, 11) is 0. The summed E-state index contributed by atoms with van der Waals surface area (Å²) in [5, 5.41) is 12.9. The van der Waals surface area contributed by atoms with Gasteiger partial charge in [0.15, 0.2) is 11.6 Å². The average molecular weight is 344 g/mol. The summed E-state index contributed by atoms with van der Waals surface area (Å²) >= 11 is 1.42. The second-order valence-corrected chi connectivity index (χ2v) is 6.98. The van der Waals surface area contributed by atoms with Gasteiger partial charge in [-0.25, -0.2) is 4.68 Å². The second-order valence-electron chi connectivity index (χ2n) is 6.03. The standard InChI is InChI=1S/C16H20N6OS/c1-10(2)8-13-18-14(23-21-13)9-24-16-20-19-15(22(16)17)12-6-4-11(3)5-7-12/h4-7,10H,8-9,17H2,1-3H3. The van der Waals surface area contributed by atoms with Gasteiger partial charge in [-0.1, -0.05) is 60.6 Å². The van der Waals surface area contributed by atoms with Crippen LogP contribution < -0.4 is 5.84 Å². The molecule has 0 saturated carbocycles. The molecule has 2 heterocycles. The van der Waals surface area contributed by atoms with E-state index in [0.29, 0.717) is 28.5 Å². The van der Waals surface area contributed by atoms with Crippen molar-refractivity contribution >= 4 is 11.8 Å². The Labute approximate surface area is 144 Å². The van der Waals surface area contributed by atoms with Gasteiger partial charge >= 0.3 is 0 Å². The zero-order valence-corrected chi connectivity index (χ0v) is 14.7. The highest BCUT2D eigenvalue weighted by molar-refractivity contribution is 7.98. The summed E-state index contributed by atoms with van der Waals surface area (Å²) in [5.74, 6) is 9.04. The molecule has 0 fully saturated rings. The Balaban J connectivity index is 1.68. The molecule has 0 aliphatic rings. The van der Waals surface area contributed by atoms with Gasteiger partial charge in [0.1, 0.15) is 0 Å². The van der Waals surface area contributed by atoms with E-state index >= 15 is 0 Å². The van der Waals surface area contributed by atoms with Gasteiger partial charge in [-0.2, -0.15) is 4.98 Å². The van der Waals surface area contributed by atoms with E-state index in [9.17, 15) is 0 Å². The third kappa shape index (κ3) is 3.76. The number of aryl methyl sites for hydroxylation is 1. The van der Waals surface area contributed by atoms with Crippen LogP contribution in [0.2, 0.25) is 0 Å². The van der Waals surface area contributed by atoms with Crippen molar-refractivity contribution < 1.29 is 4.52 Å². The summed E-state index contributed by atoms with van der Waals surface area (Å²) in [6.07, 6.45) is 0.804. The predicted molar refractivity (Wildman–Crippen MR) is 92.7 cm³/mol. The van der Waals surface area contributed by atoms with Crippen molar-refractivity contribution in [3.8, 4) is 11.4 Å². The van der Waals surface area contributed by atoms with E-state index in [4.69, 9.17) is 10.4 Å². The molecule has 0 radical (unpaired) electrons. The second kappa shape index (κ2) is 7.04. The Kier molecular flexibility index (Phi) is 4.84. The lowest BCUT2D eigenvalue weighted by molar-refractivity contribution is 0.382. The summed E-state index contributed by atoms with van der Waals surface area (Å²) in [6, 6.07) is 8.00. The number of hydrogen-bond acceptors (Lipinski definition) is 7. The third-order valence-electron chi connectivity index (χ3n) is 3.40. The van der Waals surface area contributed by atoms with E-state index in [1.807, 2.05) is 31.2 Å². The van der Waals surface area contributed by atoms with Gasteiger partial charge < -0.3 is 10.4 Å². The van der Waals surface area contributed by atoms with E-state index in [-0.39, 0.29) is 0 Å². The first kappa shape index (κ1) is 16.5. The van der Waals surface area contributed by atoms with Crippen LogP contribution in [-0.4, -0.2) is 25.0 Å². The molecule has 1 aromatic carbocycles. The Morgan fingerprint density at radius 3 is 2.67 bits per heavy atom. The minimum absolute atomic E-state index is 0.493. The lowest BCUT2D eigenvalue weighted by Crippen LogP contribution is -2.11. The number of aromatic nitrogens is 5. The number of rotatable bonds is 6. The van der Waals surface area contributed by atoms with Crippen LogP contribution in [0.1, 0.15) is 31.1 Å². The maximum Gasteiger partial charge on any atom is 0.237 e. The Hall–Kier alpha value is -2.35. The molecule has 3 aromatic rings. The molecule has 0 spiro atoms. The van der Waals surface area contributed by atoms with Crippen molar-refractivity contribution in [3.63, 3.8) is 0 Å². The van der Waals surface area contributed by atoms with Crippen molar-refractivity contribution in [3.05, 3.63) is 41.5 Å². The molecular formula is C16H20N6OS. The minimum atomic E-state index is 0.493. The van der Waals surface area contributed by atoms with Gasteiger partial charge in [-0.05, 0) is 12.8 Å². The lowest BCUT2D eigenvalue weighted by atomic mass is 10.1. The topological polar surface area (TPSA) is 95.6 Å². The third-order valence-corrected chi connectivity index (χ3v) is 4.33. The Bertz CT molecular complexity index is 808. The highest BCUT2D eigenvalue weighted by Gasteiger charge is 2.14. The number of hydrogen-bond donors (Lipinski definition) is 1. The molecule has 0 unspecified atom stereocenters. The van der Waals surface area contributed by atoms with Gasteiger partial charge in [-0.15, -0.1) is 10.2 Å². The molecule has 2 aromatic heterocycles. The van der Waals surface area contributed by atoms with Crippen LogP contribution in [0.3, 0.4) is 0 Å². The van der Waals surface area contributed by atoms with Crippen LogP contribution in [0.15, 0.2) is 33.9 Å². The fourth-order valence-electron chi connectivity index (χ4n) is 2.20. The van der Waals surface area contributed by atoms with Crippen LogP contribution in [0.4, 0.5) is 0 Å². The average Bonchev–Trinajstić information content (AvgIpc) is 3.12. The van der Waals surface area contributed by atoms with Crippen LogP contribution in [0, 0.1) is 12.8 Å². The molecular weight excluding hydrogens is 324 g/mol. The molecule has 2 N–H and O–H groups in total. The zero-order valence-electron chi connectivity index (χ0n) is 13.9. The SMILES string of the molecule is Cc1ccc(-c2nnc(SCc3nc(CC(C)C)no3)n2N)cc1. The van der Waals surface area contributed by atoms with Gasteiger partial charge in [0, 0.05) is 12.0 Å². The highest BCUT2D eigenvalue weighted by atomic mass is 32.2. The largest absolute Gasteiger partial charge is 0.338 e. The van der Waals surface area contributed by atoms with E-state index in [1.165, 1.54) is 22.0 Å². The number of nitrogen functional groups attached to an aromatic ring is 1. The molecule has 3 rings (SSSR count). The van der Waals surface area contributed by atoms with Crippen LogP contribution in [0.5, 0.6) is 0 Å². The zero-order chi connectivity index (χ0) is 17.1. The summed E-state index contributed by atoms with van der Waals surface area (Å²) < 4.78 is 6.74. The first-order valence-electron chi connectivity index (χ1n) is 7.74. The molecule has 0 amide bonds.